The van der Waals surface area contributed by atoms with Crippen molar-refractivity contribution in [2.75, 3.05) is 5.32 Å². The van der Waals surface area contributed by atoms with E-state index in [-0.39, 0.29) is 25.3 Å². The van der Waals surface area contributed by atoms with E-state index in [0.717, 1.165) is 5.56 Å². The quantitative estimate of drug-likeness (QED) is 0.138. The Morgan fingerprint density at radius 1 is 0.864 bits per heavy atom. The van der Waals surface area contributed by atoms with E-state index < -0.39 is 42.2 Å². The lowest BCUT2D eigenvalue weighted by Crippen LogP contribution is -2.23. The topological polar surface area (TPSA) is 155 Å². The highest BCUT2D eigenvalue weighted by atomic mass is 19.1. The predicted molar refractivity (Wildman–Crippen MR) is 166 cm³/mol. The zero-order valence-corrected chi connectivity index (χ0v) is 24.5. The number of nitrogens with zero attached hydrogens (tertiary/aromatic N) is 1. The smallest absolute Gasteiger partial charge is 0.305 e. The molecule has 0 saturated heterocycles. The number of carbonyl (C=O) groups excluding carboxylic acids is 2. The number of anilines is 1. The van der Waals surface area contributed by atoms with Crippen LogP contribution in [0.15, 0.2) is 78.9 Å². The van der Waals surface area contributed by atoms with E-state index in [1.165, 1.54) is 24.3 Å². The van der Waals surface area contributed by atoms with Gasteiger partial charge < -0.3 is 30.9 Å². The lowest BCUT2D eigenvalue weighted by Gasteiger charge is -2.20. The van der Waals surface area contributed by atoms with Crippen LogP contribution >= 0.6 is 0 Å². The molecule has 0 aliphatic carbocycles. The van der Waals surface area contributed by atoms with Crippen LogP contribution in [0.3, 0.4) is 0 Å². The second-order valence-electron chi connectivity index (χ2n) is 11.0. The third-order valence-corrected chi connectivity index (χ3v) is 7.33. The molecule has 0 unspecified atom stereocenters. The number of aliphatic hydroxyl groups is 2. The number of amides is 2. The molecule has 2 amide bonds. The van der Waals surface area contributed by atoms with Crippen molar-refractivity contribution in [1.82, 2.24) is 4.57 Å². The molecule has 2 atom stereocenters. The number of nitrogens with one attached hydrogen (secondary N) is 1. The monoisotopic (exact) mass is 601 g/mol. The van der Waals surface area contributed by atoms with E-state index >= 15 is 0 Å². The number of benzene rings is 3. The molecule has 4 rings (SSSR count). The molecule has 9 nitrogen and oxygen atoms in total. The highest BCUT2D eigenvalue weighted by Crippen LogP contribution is 2.43. The Kier molecular flexibility index (Phi) is 10.3. The number of hydrogen-bond acceptors (Lipinski definition) is 5. The van der Waals surface area contributed by atoms with Crippen LogP contribution < -0.4 is 11.1 Å². The molecule has 1 aromatic heterocycles. The van der Waals surface area contributed by atoms with Crippen molar-refractivity contribution < 1.29 is 34.1 Å². The minimum absolute atomic E-state index is 0.124. The molecule has 3 aromatic carbocycles. The van der Waals surface area contributed by atoms with Crippen LogP contribution in [0.25, 0.3) is 22.3 Å². The molecule has 0 bridgehead atoms. The van der Waals surface area contributed by atoms with E-state index in [1.54, 1.807) is 24.3 Å². The highest BCUT2D eigenvalue weighted by Gasteiger charge is 2.30. The Morgan fingerprint density at radius 3 is 2.05 bits per heavy atom. The van der Waals surface area contributed by atoms with Crippen molar-refractivity contribution in [1.29, 1.82) is 0 Å². The van der Waals surface area contributed by atoms with Crippen molar-refractivity contribution in [3.05, 3.63) is 102 Å². The molecular formula is C34H36FN3O6. The minimum Gasteiger partial charge on any atom is -0.481 e. The average molecular weight is 602 g/mol. The number of aliphatic hydroxyl groups excluding tert-OH is 2. The minimum atomic E-state index is -1.21. The van der Waals surface area contributed by atoms with Gasteiger partial charge >= 0.3 is 5.97 Å². The number of carbonyl (C=O) groups is 3. The summed E-state index contributed by atoms with van der Waals surface area (Å²) < 4.78 is 16.0. The maximum absolute atomic E-state index is 14.2. The van der Waals surface area contributed by atoms with Gasteiger partial charge in [-0.3, -0.25) is 14.4 Å². The standard InChI is InChI=1S/C34H36FN3O6/c1-20(2)38-28(17-16-26(39)18-27(40)19-29(41)42)30(22-8-12-24(35)13-9-22)31(21-6-4-3-5-7-21)32(38)34(44)37-25-14-10-23(11-15-25)33(36)43/h3-15,20,26-27,39-40H,16-19H2,1-2H3,(H2,36,43)(H,37,44)(H,41,42)/t26-,27-/m1/s1. The molecular weight excluding hydrogens is 565 g/mol. The van der Waals surface area contributed by atoms with E-state index in [4.69, 9.17) is 10.8 Å². The SMILES string of the molecule is CC(C)n1c(CC[C@@H](O)C[C@@H](O)CC(=O)O)c(-c2ccc(F)cc2)c(-c2ccccc2)c1C(=O)Nc1ccc(C(N)=O)cc1. The summed E-state index contributed by atoms with van der Waals surface area (Å²) in [6.07, 6.45) is -2.39. The number of primary amides is 1. The van der Waals surface area contributed by atoms with Crippen LogP contribution in [0.4, 0.5) is 10.1 Å². The summed E-state index contributed by atoms with van der Waals surface area (Å²) in [5.41, 5.74) is 9.90. The molecule has 6 N–H and O–H groups in total. The number of carboxylic acid groups (broad SMARTS) is 1. The van der Waals surface area contributed by atoms with Crippen LogP contribution in [0.1, 0.15) is 65.7 Å². The van der Waals surface area contributed by atoms with Crippen LogP contribution in [0.2, 0.25) is 0 Å². The van der Waals surface area contributed by atoms with Gasteiger partial charge in [-0.1, -0.05) is 42.5 Å². The maximum atomic E-state index is 14.2. The fraction of sp³-hybridized carbons (Fsp3) is 0.265. The second-order valence-corrected chi connectivity index (χ2v) is 11.0. The summed E-state index contributed by atoms with van der Waals surface area (Å²) >= 11 is 0. The van der Waals surface area contributed by atoms with Gasteiger partial charge in [0.25, 0.3) is 5.91 Å². The van der Waals surface area contributed by atoms with Gasteiger partial charge in [-0.2, -0.15) is 0 Å². The number of aliphatic carboxylic acids is 1. The Balaban J connectivity index is 1.88. The number of hydrogen-bond donors (Lipinski definition) is 5. The van der Waals surface area contributed by atoms with Crippen molar-refractivity contribution in [3.8, 4) is 22.3 Å². The molecule has 0 spiro atoms. The van der Waals surface area contributed by atoms with Gasteiger partial charge in [0, 0.05) is 34.1 Å². The Hall–Kier alpha value is -4.80. The van der Waals surface area contributed by atoms with Gasteiger partial charge in [-0.25, -0.2) is 4.39 Å². The Morgan fingerprint density at radius 2 is 1.48 bits per heavy atom. The Bertz CT molecular complexity index is 1620. The first-order valence-electron chi connectivity index (χ1n) is 14.3. The predicted octanol–water partition coefficient (Wildman–Crippen LogP) is 5.41. The summed E-state index contributed by atoms with van der Waals surface area (Å²) in [6, 6.07) is 21.3. The van der Waals surface area contributed by atoms with Gasteiger partial charge in [0.2, 0.25) is 5.91 Å². The van der Waals surface area contributed by atoms with E-state index in [0.29, 0.717) is 39.3 Å². The summed E-state index contributed by atoms with van der Waals surface area (Å²) in [5.74, 6) is -2.59. The molecule has 4 aromatic rings. The van der Waals surface area contributed by atoms with Gasteiger partial charge in [0.1, 0.15) is 11.5 Å². The van der Waals surface area contributed by atoms with Gasteiger partial charge in [-0.15, -0.1) is 0 Å². The maximum Gasteiger partial charge on any atom is 0.305 e. The van der Waals surface area contributed by atoms with E-state index in [9.17, 15) is 29.0 Å². The summed E-state index contributed by atoms with van der Waals surface area (Å²) in [7, 11) is 0. The lowest BCUT2D eigenvalue weighted by atomic mass is 9.92. The molecule has 0 radical (unpaired) electrons. The third-order valence-electron chi connectivity index (χ3n) is 7.33. The van der Waals surface area contributed by atoms with Crippen molar-refractivity contribution in [3.63, 3.8) is 0 Å². The first-order valence-corrected chi connectivity index (χ1v) is 14.3. The fourth-order valence-electron chi connectivity index (χ4n) is 5.42. The molecule has 0 fully saturated rings. The van der Waals surface area contributed by atoms with Crippen LogP contribution in [0, 0.1) is 5.82 Å². The molecule has 10 heteroatoms. The molecule has 0 saturated carbocycles. The molecule has 0 aliphatic rings. The van der Waals surface area contributed by atoms with Crippen LogP contribution in [0.5, 0.6) is 0 Å². The summed E-state index contributed by atoms with van der Waals surface area (Å²) in [4.78, 5) is 36.7. The summed E-state index contributed by atoms with van der Waals surface area (Å²) in [5, 5.41) is 32.8. The number of carboxylic acids is 1. The van der Waals surface area contributed by atoms with Gasteiger partial charge in [-0.05, 0) is 80.6 Å². The lowest BCUT2D eigenvalue weighted by molar-refractivity contribution is -0.139. The van der Waals surface area contributed by atoms with Gasteiger partial charge in [0.15, 0.2) is 0 Å². The number of rotatable bonds is 13. The fourth-order valence-corrected chi connectivity index (χ4v) is 5.42. The largest absolute Gasteiger partial charge is 0.481 e. The molecule has 44 heavy (non-hydrogen) atoms. The van der Waals surface area contributed by atoms with E-state index in [1.807, 2.05) is 48.7 Å². The first-order chi connectivity index (χ1) is 21.0. The molecule has 230 valence electrons. The number of halogens is 1. The number of aromatic nitrogens is 1. The highest BCUT2D eigenvalue weighted by molar-refractivity contribution is 6.11. The second kappa shape index (κ2) is 14.1. The zero-order valence-electron chi connectivity index (χ0n) is 24.5. The van der Waals surface area contributed by atoms with Crippen molar-refractivity contribution >= 4 is 23.5 Å². The average Bonchev–Trinajstić information content (AvgIpc) is 3.32. The zero-order chi connectivity index (χ0) is 32.0. The van der Waals surface area contributed by atoms with Crippen LogP contribution in [-0.2, 0) is 11.2 Å². The van der Waals surface area contributed by atoms with Crippen LogP contribution in [-0.4, -0.2) is 49.9 Å². The molecule has 0 aliphatic heterocycles. The molecule has 1 heterocycles. The number of nitrogens with two attached hydrogens (primary N) is 1. The van der Waals surface area contributed by atoms with Gasteiger partial charge in [0.05, 0.1) is 18.6 Å². The third kappa shape index (κ3) is 7.58. The Labute approximate surface area is 254 Å². The normalized spacial score (nSPS) is 12.6. The van der Waals surface area contributed by atoms with E-state index in [2.05, 4.69) is 5.32 Å². The summed E-state index contributed by atoms with van der Waals surface area (Å²) in [6.45, 7) is 3.86. The van der Waals surface area contributed by atoms with Crippen molar-refractivity contribution in [2.45, 2.75) is 57.8 Å². The first kappa shape index (κ1) is 32.1. The van der Waals surface area contributed by atoms with Crippen molar-refractivity contribution in [2.24, 2.45) is 5.73 Å².